The Morgan fingerprint density at radius 2 is 1.21 bits per heavy atom. The van der Waals surface area contributed by atoms with Gasteiger partial charge in [0.1, 0.15) is 0 Å². The Morgan fingerprint density at radius 1 is 0.729 bits per heavy atom. The monoisotopic (exact) mass is 673 g/mol. The van der Waals surface area contributed by atoms with Gasteiger partial charge in [-0.3, -0.25) is 14.4 Å². The molecule has 1 aromatic rings. The molecule has 1 aromatic carbocycles. The average Bonchev–Trinajstić information content (AvgIpc) is 3.07. The third kappa shape index (κ3) is 19.0. The number of carbonyl (C=O) groups excluding carboxylic acids is 2. The van der Waals surface area contributed by atoms with Crippen LogP contribution in [0.3, 0.4) is 0 Å². The number of carboxylic acid groups (broad SMARTS) is 1. The van der Waals surface area contributed by atoms with Crippen molar-refractivity contribution in [1.29, 1.82) is 0 Å². The van der Waals surface area contributed by atoms with Gasteiger partial charge in [-0.2, -0.15) is 0 Å². The number of ether oxygens (including phenoxy) is 4. The summed E-state index contributed by atoms with van der Waals surface area (Å²) < 4.78 is 22.7. The molecule has 0 radical (unpaired) electrons. The molecule has 0 saturated heterocycles. The normalized spacial score (nSPS) is 10.9. The van der Waals surface area contributed by atoms with Crippen LogP contribution in [0.15, 0.2) is 27.5 Å². The fourth-order valence-electron chi connectivity index (χ4n) is 4.63. The van der Waals surface area contributed by atoms with Crippen molar-refractivity contribution in [2.24, 2.45) is 21.3 Å². The van der Waals surface area contributed by atoms with Crippen molar-refractivity contribution in [2.45, 2.75) is 90.4 Å². The van der Waals surface area contributed by atoms with Gasteiger partial charge in [0, 0.05) is 33.1 Å². The van der Waals surface area contributed by atoms with Gasteiger partial charge in [-0.05, 0) is 41.6 Å². The minimum atomic E-state index is -1.11. The smallest absolute Gasteiger partial charge is 0.309 e. The predicted molar refractivity (Wildman–Crippen MR) is 177 cm³/mol. The predicted octanol–water partition coefficient (Wildman–Crippen LogP) is 8.27. The summed E-state index contributed by atoms with van der Waals surface area (Å²) in [5.41, 5.74) is 25.9. The Balaban J connectivity index is 3.05. The molecule has 0 bridgehead atoms. The summed E-state index contributed by atoms with van der Waals surface area (Å²) in [7, 11) is 0. The molecule has 1 atom stereocenters. The highest BCUT2D eigenvalue weighted by atomic mass is 16.5. The van der Waals surface area contributed by atoms with Crippen LogP contribution in [0.5, 0.6) is 17.2 Å². The second kappa shape index (κ2) is 27.3. The van der Waals surface area contributed by atoms with Crippen LogP contribution < -0.4 is 14.2 Å². The molecule has 1 N–H and O–H groups in total. The number of nitrogens with zero attached hydrogens (tertiary/aromatic N) is 9. The first-order chi connectivity index (χ1) is 23.4. The van der Waals surface area contributed by atoms with Crippen molar-refractivity contribution in [3.63, 3.8) is 0 Å². The number of benzene rings is 1. The molecule has 0 saturated carbocycles. The van der Waals surface area contributed by atoms with E-state index in [1.165, 1.54) is 50.7 Å². The Labute approximate surface area is 280 Å². The molecule has 0 heterocycles. The first-order valence-electron chi connectivity index (χ1n) is 16.4. The number of hydrogen-bond donors (Lipinski definition) is 1. The van der Waals surface area contributed by atoms with E-state index in [-0.39, 0.29) is 88.1 Å². The molecule has 1 rings (SSSR count). The summed E-state index contributed by atoms with van der Waals surface area (Å²) in [4.78, 5) is 45.9. The Hall–Kier alpha value is -4.84. The number of ketones is 1. The van der Waals surface area contributed by atoms with Crippen LogP contribution in [-0.4, -0.2) is 68.9 Å². The maximum Gasteiger partial charge on any atom is 0.309 e. The van der Waals surface area contributed by atoms with Crippen molar-refractivity contribution in [2.75, 3.05) is 46.1 Å². The molecule has 0 aliphatic heterocycles. The molecule has 0 unspecified atom stereocenters. The zero-order chi connectivity index (χ0) is 35.2. The van der Waals surface area contributed by atoms with Gasteiger partial charge in [0.15, 0.2) is 17.3 Å². The molecule has 0 fully saturated rings. The summed E-state index contributed by atoms with van der Waals surface area (Å²) in [6.07, 6.45) is 10.4. The lowest BCUT2D eigenvalue weighted by Crippen LogP contribution is -2.23. The number of azide groups is 3. The summed E-state index contributed by atoms with van der Waals surface area (Å²) in [5, 5.41) is 19.5. The van der Waals surface area contributed by atoms with Crippen LogP contribution in [0.1, 0.15) is 101 Å². The van der Waals surface area contributed by atoms with Gasteiger partial charge in [0.2, 0.25) is 5.75 Å². The lowest BCUT2D eigenvalue weighted by Gasteiger charge is -2.19. The Morgan fingerprint density at radius 3 is 1.69 bits per heavy atom. The number of carbonyl (C=O) groups is 3. The van der Waals surface area contributed by atoms with Crippen molar-refractivity contribution < 1.29 is 38.4 Å². The number of Topliss-reactive ketones (excluding diaryl/α,β-unsaturated/α-hetero) is 1. The van der Waals surface area contributed by atoms with Crippen molar-refractivity contribution in [3.8, 4) is 17.2 Å². The maximum absolute atomic E-state index is 13.5. The molecule has 264 valence electrons. The number of rotatable bonds is 30. The standard InChI is InChI=1S/C31H47N9O8/c1-2-3-4-5-6-7-8-9-10-11-17-48-31(44)24(12-13-29(42)43)21-26(41)25-22-27(45-18-14-35-38-32)30(47-20-16-37-40-34)28(23-25)46-19-15-36-39-33/h22-24H,2-21H2,1H3,(H,42,43)/t24-/m0/s1. The van der Waals surface area contributed by atoms with Crippen molar-refractivity contribution >= 4 is 17.7 Å². The van der Waals surface area contributed by atoms with E-state index in [0.717, 1.165) is 19.3 Å². The highest BCUT2D eigenvalue weighted by Crippen LogP contribution is 2.40. The molecule has 17 nitrogen and oxygen atoms in total. The Bertz CT molecular complexity index is 1230. The van der Waals surface area contributed by atoms with Gasteiger partial charge in [0.25, 0.3) is 0 Å². The zero-order valence-corrected chi connectivity index (χ0v) is 27.7. The molecule has 0 aliphatic carbocycles. The summed E-state index contributed by atoms with van der Waals surface area (Å²) >= 11 is 0. The minimum absolute atomic E-state index is 0.0278. The van der Waals surface area contributed by atoms with E-state index in [2.05, 4.69) is 37.0 Å². The van der Waals surface area contributed by atoms with Crippen LogP contribution in [0.25, 0.3) is 31.3 Å². The number of aliphatic carboxylic acids is 1. The second-order valence-electron chi connectivity index (χ2n) is 10.8. The quantitative estimate of drug-likeness (QED) is 0.0207. The number of carboxylic acids is 1. The third-order valence-corrected chi connectivity index (χ3v) is 7.08. The molecule has 48 heavy (non-hydrogen) atoms. The highest BCUT2D eigenvalue weighted by molar-refractivity contribution is 5.99. The first-order valence-corrected chi connectivity index (χ1v) is 16.4. The number of unbranched alkanes of at least 4 members (excludes halogenated alkanes) is 9. The largest absolute Gasteiger partial charge is 0.489 e. The molecule has 0 spiro atoms. The third-order valence-electron chi connectivity index (χ3n) is 7.08. The zero-order valence-electron chi connectivity index (χ0n) is 27.7. The van der Waals surface area contributed by atoms with Gasteiger partial charge in [-0.25, -0.2) is 0 Å². The number of esters is 1. The SMILES string of the molecule is CCCCCCCCCCCCOC(=O)[C@@H](CCC(=O)O)CC(=O)c1cc(OCCN=[N+]=[N-])c(OCCN=[N+]=[N-])c(OCCN=[N+]=[N-])c1. The molecule has 17 heteroatoms. The fraction of sp³-hybridized carbons (Fsp3) is 0.710. The van der Waals surface area contributed by atoms with Gasteiger partial charge in [0.05, 0.1) is 52.0 Å². The van der Waals surface area contributed by atoms with Gasteiger partial charge in [-0.15, -0.1) is 0 Å². The molecule has 0 aromatic heterocycles. The topological polar surface area (TPSA) is 255 Å². The maximum atomic E-state index is 13.5. The average molecular weight is 674 g/mol. The lowest BCUT2D eigenvalue weighted by molar-refractivity contribution is -0.149. The van der Waals surface area contributed by atoms with E-state index in [9.17, 15) is 19.5 Å². The fourth-order valence-corrected chi connectivity index (χ4v) is 4.63. The summed E-state index contributed by atoms with van der Waals surface area (Å²) in [5.74, 6) is -3.13. The van der Waals surface area contributed by atoms with Crippen molar-refractivity contribution in [1.82, 2.24) is 0 Å². The van der Waals surface area contributed by atoms with E-state index in [1.807, 2.05) is 0 Å². The van der Waals surface area contributed by atoms with E-state index >= 15 is 0 Å². The summed E-state index contributed by atoms with van der Waals surface area (Å²) in [6, 6.07) is 2.73. The van der Waals surface area contributed by atoms with E-state index in [0.29, 0.717) is 6.42 Å². The van der Waals surface area contributed by atoms with Crippen LogP contribution in [0.2, 0.25) is 0 Å². The van der Waals surface area contributed by atoms with Crippen molar-refractivity contribution in [3.05, 3.63) is 49.0 Å². The van der Waals surface area contributed by atoms with Crippen LogP contribution >= 0.6 is 0 Å². The molecular formula is C31H47N9O8. The van der Waals surface area contributed by atoms with Crippen LogP contribution in [0, 0.1) is 5.92 Å². The van der Waals surface area contributed by atoms with E-state index in [1.54, 1.807) is 0 Å². The van der Waals surface area contributed by atoms with Crippen LogP contribution in [-0.2, 0) is 14.3 Å². The van der Waals surface area contributed by atoms with Crippen LogP contribution in [0.4, 0.5) is 0 Å². The van der Waals surface area contributed by atoms with E-state index in [4.69, 9.17) is 35.5 Å². The molecular weight excluding hydrogens is 626 g/mol. The Kier molecular flexibility index (Phi) is 23.4. The van der Waals surface area contributed by atoms with Gasteiger partial charge < -0.3 is 24.1 Å². The number of hydrogen-bond acceptors (Lipinski definition) is 10. The molecule has 0 aliphatic rings. The summed E-state index contributed by atoms with van der Waals surface area (Å²) in [6.45, 7) is 2.03. The molecule has 0 amide bonds. The van der Waals surface area contributed by atoms with E-state index < -0.39 is 23.6 Å². The lowest BCUT2D eigenvalue weighted by atomic mass is 9.93. The highest BCUT2D eigenvalue weighted by Gasteiger charge is 2.27. The first kappa shape index (κ1) is 41.2. The second-order valence-corrected chi connectivity index (χ2v) is 10.8. The van der Waals surface area contributed by atoms with Gasteiger partial charge in [-0.1, -0.05) is 80.1 Å². The van der Waals surface area contributed by atoms with Gasteiger partial charge >= 0.3 is 11.9 Å². The minimum Gasteiger partial charge on any atom is -0.489 e.